The van der Waals surface area contributed by atoms with Crippen molar-refractivity contribution < 1.29 is 9.59 Å². The molecule has 1 unspecified atom stereocenters. The topological polar surface area (TPSA) is 70.2 Å². The molecule has 2 rings (SSSR count). The molecular weight excluding hydrogens is 334 g/mol. The molecule has 1 aromatic rings. The van der Waals surface area contributed by atoms with E-state index < -0.39 is 0 Å². The van der Waals surface area contributed by atoms with Crippen LogP contribution in [0.2, 0.25) is 0 Å². The number of hydrogen-bond donors (Lipinski definition) is 3. The van der Waals surface area contributed by atoms with Crippen molar-refractivity contribution in [3.05, 3.63) is 29.8 Å². The van der Waals surface area contributed by atoms with Gasteiger partial charge in [-0.2, -0.15) is 11.8 Å². The molecule has 1 fully saturated rings. The van der Waals surface area contributed by atoms with Gasteiger partial charge in [-0.05, 0) is 38.1 Å². The van der Waals surface area contributed by atoms with Crippen molar-refractivity contribution in [3.8, 4) is 0 Å². The van der Waals surface area contributed by atoms with Gasteiger partial charge in [-0.1, -0.05) is 0 Å². The van der Waals surface area contributed by atoms with Gasteiger partial charge in [0.15, 0.2) is 0 Å². The van der Waals surface area contributed by atoms with Crippen LogP contribution in [0.4, 0.5) is 5.69 Å². The zero-order valence-electron chi connectivity index (χ0n) is 13.4. The van der Waals surface area contributed by atoms with Crippen molar-refractivity contribution in [1.82, 2.24) is 10.6 Å². The lowest BCUT2D eigenvalue weighted by Crippen LogP contribution is -2.39. The van der Waals surface area contributed by atoms with Crippen LogP contribution in [0.3, 0.4) is 0 Å². The molecule has 5 nitrogen and oxygen atoms in total. The molecule has 0 bridgehead atoms. The van der Waals surface area contributed by atoms with E-state index in [1.807, 2.05) is 25.6 Å². The number of amides is 2. The average molecular weight is 358 g/mol. The molecule has 7 heteroatoms. The van der Waals surface area contributed by atoms with Crippen molar-refractivity contribution >= 4 is 41.7 Å². The van der Waals surface area contributed by atoms with E-state index in [1.165, 1.54) is 0 Å². The van der Waals surface area contributed by atoms with Crippen LogP contribution in [0, 0.1) is 0 Å². The molecule has 1 heterocycles. The second-order valence-electron chi connectivity index (χ2n) is 5.68. The molecule has 0 radical (unpaired) electrons. The van der Waals surface area contributed by atoms with E-state index in [4.69, 9.17) is 0 Å². The molecule has 128 valence electrons. The third kappa shape index (κ3) is 6.81. The van der Waals surface area contributed by atoms with Crippen LogP contribution in [0.25, 0.3) is 0 Å². The maximum atomic E-state index is 12.0. The molecule has 0 spiro atoms. The fraction of sp³-hybridized carbons (Fsp3) is 0.500. The first-order valence-electron chi connectivity index (χ1n) is 7.56. The Morgan fingerprint density at radius 1 is 1.30 bits per heavy atom. The summed E-state index contributed by atoms with van der Waals surface area (Å²) in [6.07, 6.45) is 0.475. The molecule has 1 aromatic carbocycles. The molecule has 1 aliphatic heterocycles. The molecule has 1 saturated heterocycles. The highest BCUT2D eigenvalue weighted by atomic mass is 35.5. The number of benzene rings is 1. The van der Waals surface area contributed by atoms with Crippen molar-refractivity contribution in [1.29, 1.82) is 0 Å². The lowest BCUT2D eigenvalue weighted by atomic mass is 10.1. The summed E-state index contributed by atoms with van der Waals surface area (Å²) >= 11 is 1.87. The number of nitrogens with one attached hydrogen (secondary N) is 3. The maximum Gasteiger partial charge on any atom is 0.251 e. The minimum atomic E-state index is -0.101. The lowest BCUT2D eigenvalue weighted by molar-refractivity contribution is -0.116. The summed E-state index contributed by atoms with van der Waals surface area (Å²) in [5.41, 5.74) is 1.31. The van der Waals surface area contributed by atoms with Crippen LogP contribution in [0.15, 0.2) is 24.3 Å². The second kappa shape index (κ2) is 9.80. The standard InChI is InChI=1S/C16H23N3O2S.ClH/c1-11(2)18-16(21)12-3-5-13(6-4-12)19-15(20)9-14-10-22-8-7-17-14;/h3-6,11,14,17H,7-10H2,1-2H3,(H,18,21)(H,19,20);1H. The second-order valence-corrected chi connectivity index (χ2v) is 6.83. The summed E-state index contributed by atoms with van der Waals surface area (Å²) in [4.78, 5) is 23.8. The van der Waals surface area contributed by atoms with Crippen molar-refractivity contribution in [3.63, 3.8) is 0 Å². The smallest absolute Gasteiger partial charge is 0.251 e. The predicted octanol–water partition coefficient (Wildman–Crippen LogP) is 2.28. The predicted molar refractivity (Wildman–Crippen MR) is 98.7 cm³/mol. The van der Waals surface area contributed by atoms with Gasteiger partial charge in [0.1, 0.15) is 0 Å². The maximum absolute atomic E-state index is 12.0. The molecule has 3 N–H and O–H groups in total. The van der Waals surface area contributed by atoms with E-state index in [9.17, 15) is 9.59 Å². The van der Waals surface area contributed by atoms with E-state index in [1.54, 1.807) is 24.3 Å². The van der Waals surface area contributed by atoms with Gasteiger partial charge in [0.05, 0.1) is 0 Å². The first kappa shape index (κ1) is 19.8. The highest BCUT2D eigenvalue weighted by Gasteiger charge is 2.16. The summed E-state index contributed by atoms with van der Waals surface area (Å²) in [7, 11) is 0. The van der Waals surface area contributed by atoms with E-state index in [2.05, 4.69) is 16.0 Å². The summed E-state index contributed by atoms with van der Waals surface area (Å²) in [6.45, 7) is 4.80. The minimum absolute atomic E-state index is 0. The first-order valence-corrected chi connectivity index (χ1v) is 8.72. The van der Waals surface area contributed by atoms with E-state index in [0.29, 0.717) is 12.0 Å². The van der Waals surface area contributed by atoms with Gasteiger partial charge in [-0.25, -0.2) is 0 Å². The molecule has 2 amide bonds. The molecule has 23 heavy (non-hydrogen) atoms. The Morgan fingerprint density at radius 2 is 2.00 bits per heavy atom. The van der Waals surface area contributed by atoms with Gasteiger partial charge in [-0.15, -0.1) is 12.4 Å². The zero-order chi connectivity index (χ0) is 15.9. The molecule has 0 saturated carbocycles. The van der Waals surface area contributed by atoms with E-state index >= 15 is 0 Å². The number of rotatable bonds is 5. The van der Waals surface area contributed by atoms with Crippen LogP contribution in [0.5, 0.6) is 0 Å². The minimum Gasteiger partial charge on any atom is -0.350 e. The SMILES string of the molecule is CC(C)NC(=O)c1ccc(NC(=O)CC2CSCCN2)cc1.Cl. The highest BCUT2D eigenvalue weighted by Crippen LogP contribution is 2.13. The fourth-order valence-corrected chi connectivity index (χ4v) is 3.19. The van der Waals surface area contributed by atoms with Gasteiger partial charge in [0.2, 0.25) is 5.91 Å². The van der Waals surface area contributed by atoms with Crippen LogP contribution >= 0.6 is 24.2 Å². The Labute approximate surface area is 147 Å². The number of anilines is 1. The number of thioether (sulfide) groups is 1. The van der Waals surface area contributed by atoms with Gasteiger partial charge in [0.25, 0.3) is 5.91 Å². The highest BCUT2D eigenvalue weighted by molar-refractivity contribution is 7.99. The van der Waals surface area contributed by atoms with E-state index in [-0.39, 0.29) is 36.3 Å². The average Bonchev–Trinajstić information content (AvgIpc) is 2.48. The number of carbonyl (C=O) groups excluding carboxylic acids is 2. The molecule has 0 aromatic heterocycles. The quantitative estimate of drug-likeness (QED) is 0.756. The third-order valence-electron chi connectivity index (χ3n) is 3.28. The largest absolute Gasteiger partial charge is 0.350 e. The molecule has 1 aliphatic rings. The van der Waals surface area contributed by atoms with Gasteiger partial charge < -0.3 is 16.0 Å². The third-order valence-corrected chi connectivity index (χ3v) is 4.41. The van der Waals surface area contributed by atoms with Gasteiger partial charge >= 0.3 is 0 Å². The first-order chi connectivity index (χ1) is 10.5. The fourth-order valence-electron chi connectivity index (χ4n) is 2.24. The lowest BCUT2D eigenvalue weighted by Gasteiger charge is -2.22. The summed E-state index contributed by atoms with van der Waals surface area (Å²) in [5.74, 6) is 1.98. The summed E-state index contributed by atoms with van der Waals surface area (Å²) < 4.78 is 0. The van der Waals surface area contributed by atoms with Crippen molar-refractivity contribution in [2.45, 2.75) is 32.4 Å². The Kier molecular flexibility index (Phi) is 8.44. The molecular formula is C16H24ClN3O2S. The summed E-state index contributed by atoms with van der Waals surface area (Å²) in [5, 5.41) is 9.06. The van der Waals surface area contributed by atoms with Crippen LogP contribution in [-0.4, -0.2) is 41.9 Å². The number of carbonyl (C=O) groups is 2. The summed E-state index contributed by atoms with van der Waals surface area (Å²) in [6, 6.07) is 7.32. The molecule has 1 atom stereocenters. The van der Waals surface area contributed by atoms with Crippen LogP contribution in [-0.2, 0) is 4.79 Å². The van der Waals surface area contributed by atoms with Crippen molar-refractivity contribution in [2.24, 2.45) is 0 Å². The number of hydrogen-bond acceptors (Lipinski definition) is 4. The van der Waals surface area contributed by atoms with Crippen molar-refractivity contribution in [2.75, 3.05) is 23.4 Å². The Bertz CT molecular complexity index is 517. The normalized spacial score (nSPS) is 17.3. The van der Waals surface area contributed by atoms with E-state index in [0.717, 1.165) is 23.7 Å². The van der Waals surface area contributed by atoms with Gasteiger partial charge in [0, 0.05) is 47.8 Å². The van der Waals surface area contributed by atoms with Crippen LogP contribution < -0.4 is 16.0 Å². The zero-order valence-corrected chi connectivity index (χ0v) is 15.1. The van der Waals surface area contributed by atoms with Gasteiger partial charge in [-0.3, -0.25) is 9.59 Å². The monoisotopic (exact) mass is 357 g/mol. The number of halogens is 1. The Hall–Kier alpha value is -1.24. The Balaban J connectivity index is 0.00000264. The molecule has 0 aliphatic carbocycles. The van der Waals surface area contributed by atoms with Crippen LogP contribution in [0.1, 0.15) is 30.6 Å². The Morgan fingerprint density at radius 3 is 2.57 bits per heavy atom.